The highest BCUT2D eigenvalue weighted by molar-refractivity contribution is 5.66. The third kappa shape index (κ3) is 3.20. The largest absolute Gasteiger partial charge is 0.355 e. The van der Waals surface area contributed by atoms with E-state index in [2.05, 4.69) is 85.9 Å². The van der Waals surface area contributed by atoms with E-state index in [9.17, 15) is 0 Å². The van der Waals surface area contributed by atoms with Gasteiger partial charge >= 0.3 is 0 Å². The first-order valence-corrected chi connectivity index (χ1v) is 7.69. The van der Waals surface area contributed by atoms with Crippen LogP contribution in [0.4, 0.5) is 11.4 Å². The van der Waals surface area contributed by atoms with Crippen LogP contribution in [0.25, 0.3) is 0 Å². The molecule has 3 aromatic carbocycles. The molecule has 0 aliphatic heterocycles. The van der Waals surface area contributed by atoms with Crippen LogP contribution in [0.3, 0.4) is 0 Å². The maximum Gasteiger partial charge on any atom is 0.0423 e. The molecule has 0 aliphatic rings. The molecule has 0 radical (unpaired) electrons. The lowest BCUT2D eigenvalue weighted by atomic mass is 9.95. The Morgan fingerprint density at radius 3 is 2.05 bits per heavy atom. The zero-order chi connectivity index (χ0) is 15.4. The van der Waals surface area contributed by atoms with Gasteiger partial charge in [-0.2, -0.15) is 0 Å². The topological polar surface area (TPSA) is 12.0 Å². The first-order valence-electron chi connectivity index (χ1n) is 7.69. The molecule has 0 atom stereocenters. The summed E-state index contributed by atoms with van der Waals surface area (Å²) in [5.41, 5.74) is 7.73. The number of anilines is 2. The molecule has 110 valence electrons. The molecule has 0 aromatic heterocycles. The fourth-order valence-electron chi connectivity index (χ4n) is 2.70. The van der Waals surface area contributed by atoms with Crippen molar-refractivity contribution in [1.82, 2.24) is 0 Å². The molecule has 1 N–H and O–H groups in total. The van der Waals surface area contributed by atoms with Gasteiger partial charge in [-0.3, -0.25) is 0 Å². The van der Waals surface area contributed by atoms with Gasteiger partial charge in [0.25, 0.3) is 0 Å². The van der Waals surface area contributed by atoms with E-state index in [0.717, 1.165) is 12.1 Å². The van der Waals surface area contributed by atoms with Crippen LogP contribution in [0.15, 0.2) is 72.8 Å². The van der Waals surface area contributed by atoms with Crippen LogP contribution in [-0.2, 0) is 6.42 Å². The third-order valence-electron chi connectivity index (χ3n) is 4.15. The zero-order valence-electron chi connectivity index (χ0n) is 13.1. The van der Waals surface area contributed by atoms with Crippen molar-refractivity contribution in [3.05, 3.63) is 95.1 Å². The average molecular weight is 287 g/mol. The summed E-state index contributed by atoms with van der Waals surface area (Å²) in [6.45, 7) is 4.39. The van der Waals surface area contributed by atoms with Crippen LogP contribution in [0, 0.1) is 13.8 Å². The van der Waals surface area contributed by atoms with Crippen molar-refractivity contribution in [2.45, 2.75) is 20.3 Å². The van der Waals surface area contributed by atoms with E-state index in [1.807, 2.05) is 6.07 Å². The number of rotatable bonds is 4. The monoisotopic (exact) mass is 287 g/mol. The van der Waals surface area contributed by atoms with Gasteiger partial charge < -0.3 is 5.32 Å². The summed E-state index contributed by atoms with van der Waals surface area (Å²) >= 11 is 0. The Morgan fingerprint density at radius 2 is 1.36 bits per heavy atom. The summed E-state index contributed by atoms with van der Waals surface area (Å²) in [6.07, 6.45) is 0.948. The SMILES string of the molecule is Cc1ccc(Nc2ccccc2)c(Cc2ccccc2)c1C. The molecule has 0 amide bonds. The Hall–Kier alpha value is -2.54. The van der Waals surface area contributed by atoms with E-state index < -0.39 is 0 Å². The van der Waals surface area contributed by atoms with Gasteiger partial charge in [-0.1, -0.05) is 54.6 Å². The van der Waals surface area contributed by atoms with Crippen molar-refractivity contribution in [2.75, 3.05) is 5.32 Å². The summed E-state index contributed by atoms with van der Waals surface area (Å²) in [6, 6.07) is 25.4. The lowest BCUT2D eigenvalue weighted by Gasteiger charge is -2.17. The van der Waals surface area contributed by atoms with Crippen molar-refractivity contribution in [1.29, 1.82) is 0 Å². The van der Waals surface area contributed by atoms with E-state index in [1.165, 1.54) is 27.9 Å². The number of aryl methyl sites for hydroxylation is 1. The zero-order valence-corrected chi connectivity index (χ0v) is 13.1. The summed E-state index contributed by atoms with van der Waals surface area (Å²) in [7, 11) is 0. The van der Waals surface area contributed by atoms with Crippen molar-refractivity contribution >= 4 is 11.4 Å². The van der Waals surface area contributed by atoms with Crippen LogP contribution < -0.4 is 5.32 Å². The number of para-hydroxylation sites is 1. The van der Waals surface area contributed by atoms with Crippen molar-refractivity contribution < 1.29 is 0 Å². The van der Waals surface area contributed by atoms with Crippen LogP contribution >= 0.6 is 0 Å². The number of nitrogens with one attached hydrogen (secondary N) is 1. The standard InChI is InChI=1S/C21H21N/c1-16-13-14-21(22-19-11-7-4-8-12-19)20(17(16)2)15-18-9-5-3-6-10-18/h3-14,22H,15H2,1-2H3. The summed E-state index contributed by atoms with van der Waals surface area (Å²) in [4.78, 5) is 0. The maximum absolute atomic E-state index is 3.56. The Kier molecular flexibility index (Phi) is 4.24. The number of benzene rings is 3. The van der Waals surface area contributed by atoms with Gasteiger partial charge in [-0.15, -0.1) is 0 Å². The molecule has 22 heavy (non-hydrogen) atoms. The minimum absolute atomic E-state index is 0.948. The third-order valence-corrected chi connectivity index (χ3v) is 4.15. The van der Waals surface area contributed by atoms with Gasteiger partial charge in [0.05, 0.1) is 0 Å². The molecule has 0 saturated carbocycles. The quantitative estimate of drug-likeness (QED) is 0.655. The second-order valence-electron chi connectivity index (χ2n) is 5.69. The lowest BCUT2D eigenvalue weighted by Crippen LogP contribution is -2.01. The van der Waals surface area contributed by atoms with Gasteiger partial charge in [0, 0.05) is 11.4 Å². The molecule has 0 bridgehead atoms. The molecule has 3 rings (SSSR count). The summed E-state index contributed by atoms with van der Waals surface area (Å²) < 4.78 is 0. The molecule has 0 saturated heterocycles. The summed E-state index contributed by atoms with van der Waals surface area (Å²) in [5, 5.41) is 3.56. The molecule has 1 nitrogen and oxygen atoms in total. The fraction of sp³-hybridized carbons (Fsp3) is 0.143. The number of hydrogen-bond acceptors (Lipinski definition) is 1. The van der Waals surface area contributed by atoms with E-state index in [0.29, 0.717) is 0 Å². The lowest BCUT2D eigenvalue weighted by molar-refractivity contribution is 1.14. The predicted octanol–water partition coefficient (Wildman–Crippen LogP) is 5.64. The van der Waals surface area contributed by atoms with Crippen molar-refractivity contribution in [3.8, 4) is 0 Å². The second-order valence-corrected chi connectivity index (χ2v) is 5.69. The van der Waals surface area contributed by atoms with Crippen LogP contribution in [-0.4, -0.2) is 0 Å². The summed E-state index contributed by atoms with van der Waals surface area (Å²) in [5.74, 6) is 0. The highest BCUT2D eigenvalue weighted by Crippen LogP contribution is 2.28. The van der Waals surface area contributed by atoms with Gasteiger partial charge in [-0.25, -0.2) is 0 Å². The Labute approximate surface area is 132 Å². The van der Waals surface area contributed by atoms with E-state index >= 15 is 0 Å². The van der Waals surface area contributed by atoms with Gasteiger partial charge in [-0.05, 0) is 60.7 Å². The van der Waals surface area contributed by atoms with Crippen LogP contribution in [0.1, 0.15) is 22.3 Å². The molecule has 1 heteroatoms. The molecule has 0 spiro atoms. The highest BCUT2D eigenvalue weighted by atomic mass is 14.9. The van der Waals surface area contributed by atoms with Gasteiger partial charge in [0.2, 0.25) is 0 Å². The maximum atomic E-state index is 3.56. The smallest absolute Gasteiger partial charge is 0.0423 e. The minimum Gasteiger partial charge on any atom is -0.355 e. The molecule has 3 aromatic rings. The van der Waals surface area contributed by atoms with Gasteiger partial charge in [0.1, 0.15) is 0 Å². The first kappa shape index (κ1) is 14.4. The average Bonchev–Trinajstić information content (AvgIpc) is 2.56. The van der Waals surface area contributed by atoms with Crippen molar-refractivity contribution in [3.63, 3.8) is 0 Å². The second kappa shape index (κ2) is 6.48. The molecule has 0 aliphatic carbocycles. The fourth-order valence-corrected chi connectivity index (χ4v) is 2.70. The molecule has 0 heterocycles. The Morgan fingerprint density at radius 1 is 0.727 bits per heavy atom. The number of hydrogen-bond donors (Lipinski definition) is 1. The Balaban J connectivity index is 1.97. The van der Waals surface area contributed by atoms with E-state index in [4.69, 9.17) is 0 Å². The first-order chi connectivity index (χ1) is 10.7. The van der Waals surface area contributed by atoms with E-state index in [-0.39, 0.29) is 0 Å². The van der Waals surface area contributed by atoms with Crippen molar-refractivity contribution in [2.24, 2.45) is 0 Å². The molecule has 0 fully saturated rings. The van der Waals surface area contributed by atoms with Crippen LogP contribution in [0.2, 0.25) is 0 Å². The van der Waals surface area contributed by atoms with Crippen LogP contribution in [0.5, 0.6) is 0 Å². The molecular formula is C21H21N. The molecular weight excluding hydrogens is 266 g/mol. The van der Waals surface area contributed by atoms with Gasteiger partial charge in [0.15, 0.2) is 0 Å². The highest BCUT2D eigenvalue weighted by Gasteiger charge is 2.09. The van der Waals surface area contributed by atoms with E-state index in [1.54, 1.807) is 0 Å². The molecule has 0 unspecified atom stereocenters. The normalized spacial score (nSPS) is 10.5. The Bertz CT molecular complexity index is 746. The predicted molar refractivity (Wildman–Crippen MR) is 94.9 cm³/mol. The minimum atomic E-state index is 0.948.